The van der Waals surface area contributed by atoms with E-state index in [1.807, 2.05) is 12.1 Å². The number of benzene rings is 1. The zero-order valence-corrected chi connectivity index (χ0v) is 15.5. The predicted molar refractivity (Wildman–Crippen MR) is 101 cm³/mol. The van der Waals surface area contributed by atoms with E-state index in [4.69, 9.17) is 4.74 Å². The van der Waals surface area contributed by atoms with E-state index in [-0.39, 0.29) is 11.6 Å². The topological polar surface area (TPSA) is 26.3 Å². The molecule has 0 saturated heterocycles. The van der Waals surface area contributed by atoms with Crippen molar-refractivity contribution in [1.29, 1.82) is 0 Å². The zero-order valence-electron chi connectivity index (χ0n) is 15.5. The number of ether oxygens (including phenoxy) is 1. The largest absolute Gasteiger partial charge is 0.456 e. The van der Waals surface area contributed by atoms with Crippen molar-refractivity contribution in [3.05, 3.63) is 47.5 Å². The average Bonchev–Trinajstić information content (AvgIpc) is 3.26. The first-order chi connectivity index (χ1) is 12.0. The van der Waals surface area contributed by atoms with Gasteiger partial charge in [0.05, 0.1) is 5.56 Å². The third kappa shape index (κ3) is 3.41. The van der Waals surface area contributed by atoms with Crippen LogP contribution in [-0.4, -0.2) is 11.6 Å². The summed E-state index contributed by atoms with van der Waals surface area (Å²) in [7, 11) is 0. The number of carbonyl (C=O) groups excluding carboxylic acids is 1. The molecule has 1 aromatic carbocycles. The van der Waals surface area contributed by atoms with Crippen molar-refractivity contribution in [1.82, 2.24) is 0 Å². The lowest BCUT2D eigenvalue weighted by Crippen LogP contribution is -2.37. The first-order valence-corrected chi connectivity index (χ1v) is 10.0. The molecule has 4 rings (SSSR count). The van der Waals surface area contributed by atoms with Crippen molar-refractivity contribution in [2.24, 2.45) is 17.8 Å². The maximum absolute atomic E-state index is 12.6. The average molecular weight is 338 g/mol. The van der Waals surface area contributed by atoms with Gasteiger partial charge in [-0.25, -0.2) is 4.79 Å². The van der Waals surface area contributed by atoms with Gasteiger partial charge in [0.25, 0.3) is 0 Å². The highest BCUT2D eigenvalue weighted by atomic mass is 16.6. The van der Waals surface area contributed by atoms with Crippen LogP contribution in [0.15, 0.2) is 36.4 Å². The Kier molecular flexibility index (Phi) is 4.47. The summed E-state index contributed by atoms with van der Waals surface area (Å²) in [4.78, 5) is 12.6. The monoisotopic (exact) mass is 338 g/mol. The standard InChI is InChI=1S/C23H30O2/c1-23(2,20-6-4-3-5-7-20)25-22(24)18-12-10-17(11-13-18)21-15-16-8-9-19(21)14-16/h8-13,16,19-21H,3-7,14-15H2,1-2H3. The van der Waals surface area contributed by atoms with E-state index in [0.29, 0.717) is 23.3 Å². The molecule has 0 amide bonds. The van der Waals surface area contributed by atoms with Crippen molar-refractivity contribution in [3.8, 4) is 0 Å². The second-order valence-electron chi connectivity index (χ2n) is 8.84. The Morgan fingerprint density at radius 1 is 1.00 bits per heavy atom. The van der Waals surface area contributed by atoms with E-state index in [2.05, 4.69) is 38.1 Å². The first-order valence-electron chi connectivity index (χ1n) is 10.0. The fraction of sp³-hybridized carbons (Fsp3) is 0.609. The molecule has 1 aromatic rings. The van der Waals surface area contributed by atoms with Crippen molar-refractivity contribution in [2.45, 2.75) is 70.3 Å². The first kappa shape index (κ1) is 16.9. The van der Waals surface area contributed by atoms with Gasteiger partial charge in [0.1, 0.15) is 5.60 Å². The summed E-state index contributed by atoms with van der Waals surface area (Å²) >= 11 is 0. The summed E-state index contributed by atoms with van der Waals surface area (Å²) in [6, 6.07) is 8.21. The second-order valence-corrected chi connectivity index (χ2v) is 8.84. The highest BCUT2D eigenvalue weighted by Gasteiger charge is 2.37. The zero-order chi connectivity index (χ0) is 17.4. The van der Waals surface area contributed by atoms with E-state index in [1.165, 1.54) is 50.5 Å². The summed E-state index contributed by atoms with van der Waals surface area (Å²) in [5.74, 6) is 2.43. The van der Waals surface area contributed by atoms with Crippen LogP contribution in [-0.2, 0) is 4.74 Å². The third-order valence-electron chi connectivity index (χ3n) is 6.80. The van der Waals surface area contributed by atoms with Crippen LogP contribution < -0.4 is 0 Å². The number of esters is 1. The molecule has 0 radical (unpaired) electrons. The lowest BCUT2D eigenvalue weighted by molar-refractivity contribution is -0.0384. The van der Waals surface area contributed by atoms with Crippen molar-refractivity contribution in [2.75, 3.05) is 0 Å². The molecule has 0 aromatic heterocycles. The molecule has 2 heteroatoms. The summed E-state index contributed by atoms with van der Waals surface area (Å²) in [5.41, 5.74) is 1.69. The summed E-state index contributed by atoms with van der Waals surface area (Å²) < 4.78 is 5.93. The molecule has 25 heavy (non-hydrogen) atoms. The van der Waals surface area contributed by atoms with Crippen LogP contribution in [0.5, 0.6) is 0 Å². The number of rotatable bonds is 4. The quantitative estimate of drug-likeness (QED) is 0.506. The molecule has 0 N–H and O–H groups in total. The summed E-state index contributed by atoms with van der Waals surface area (Å²) in [5, 5.41) is 0. The van der Waals surface area contributed by atoms with Crippen molar-refractivity contribution in [3.63, 3.8) is 0 Å². The van der Waals surface area contributed by atoms with Gasteiger partial charge in [0.2, 0.25) is 0 Å². The number of hydrogen-bond acceptors (Lipinski definition) is 2. The molecule has 3 aliphatic rings. The molecule has 134 valence electrons. The van der Waals surface area contributed by atoms with Crippen LogP contribution in [0.3, 0.4) is 0 Å². The second kappa shape index (κ2) is 6.63. The highest BCUT2D eigenvalue weighted by molar-refractivity contribution is 5.89. The van der Waals surface area contributed by atoms with Crippen molar-refractivity contribution >= 4 is 5.97 Å². The van der Waals surface area contributed by atoms with Crippen LogP contribution in [0, 0.1) is 17.8 Å². The van der Waals surface area contributed by atoms with Gasteiger partial charge in [-0.15, -0.1) is 0 Å². The maximum atomic E-state index is 12.6. The normalized spacial score (nSPS) is 29.1. The van der Waals surface area contributed by atoms with Gasteiger partial charge in [-0.2, -0.15) is 0 Å². The van der Waals surface area contributed by atoms with Crippen LogP contribution in [0.25, 0.3) is 0 Å². The number of hydrogen-bond donors (Lipinski definition) is 0. The summed E-state index contributed by atoms with van der Waals surface area (Å²) in [6.07, 6.45) is 13.5. The number of carbonyl (C=O) groups is 1. The van der Waals surface area contributed by atoms with E-state index in [1.54, 1.807) is 0 Å². The Balaban J connectivity index is 1.41. The van der Waals surface area contributed by atoms with Crippen LogP contribution in [0.1, 0.15) is 80.6 Å². The molecule has 2 fully saturated rings. The minimum atomic E-state index is -0.369. The fourth-order valence-corrected chi connectivity index (χ4v) is 5.21. The van der Waals surface area contributed by atoms with Gasteiger partial charge in [0, 0.05) is 0 Å². The SMILES string of the molecule is CC(C)(OC(=O)c1ccc(C2CC3C=CC2C3)cc1)C1CCCCC1. The van der Waals surface area contributed by atoms with Gasteiger partial charge in [-0.05, 0) is 80.9 Å². The van der Waals surface area contributed by atoms with Crippen LogP contribution in [0.2, 0.25) is 0 Å². The van der Waals surface area contributed by atoms with E-state index in [0.717, 1.165) is 5.92 Å². The number of fused-ring (bicyclic) bond motifs is 2. The number of allylic oxidation sites excluding steroid dienone is 2. The molecule has 3 atom stereocenters. The Hall–Kier alpha value is -1.57. The van der Waals surface area contributed by atoms with E-state index < -0.39 is 0 Å². The molecule has 0 aliphatic heterocycles. The molecule has 3 aliphatic carbocycles. The van der Waals surface area contributed by atoms with Gasteiger partial charge in [0.15, 0.2) is 0 Å². The highest BCUT2D eigenvalue weighted by Crippen LogP contribution is 2.48. The van der Waals surface area contributed by atoms with E-state index in [9.17, 15) is 4.79 Å². The smallest absolute Gasteiger partial charge is 0.338 e. The molecule has 3 unspecified atom stereocenters. The minimum Gasteiger partial charge on any atom is -0.456 e. The predicted octanol–water partition coefficient (Wildman–Crippen LogP) is 5.88. The minimum absolute atomic E-state index is 0.171. The molecule has 2 bridgehead atoms. The lowest BCUT2D eigenvalue weighted by Gasteiger charge is -2.36. The maximum Gasteiger partial charge on any atom is 0.338 e. The van der Waals surface area contributed by atoms with Gasteiger partial charge < -0.3 is 4.74 Å². The van der Waals surface area contributed by atoms with E-state index >= 15 is 0 Å². The Morgan fingerprint density at radius 2 is 1.72 bits per heavy atom. The molecule has 2 nitrogen and oxygen atoms in total. The van der Waals surface area contributed by atoms with Crippen LogP contribution >= 0.6 is 0 Å². The third-order valence-corrected chi connectivity index (χ3v) is 6.80. The molecular formula is C23H30O2. The Labute approximate surface area is 151 Å². The van der Waals surface area contributed by atoms with Gasteiger partial charge in [-0.3, -0.25) is 0 Å². The Bertz CT molecular complexity index is 649. The summed E-state index contributed by atoms with van der Waals surface area (Å²) in [6.45, 7) is 4.16. The molecular weight excluding hydrogens is 308 g/mol. The molecule has 0 spiro atoms. The molecule has 2 saturated carbocycles. The van der Waals surface area contributed by atoms with Gasteiger partial charge in [-0.1, -0.05) is 43.5 Å². The Morgan fingerprint density at radius 3 is 2.32 bits per heavy atom. The fourth-order valence-electron chi connectivity index (χ4n) is 5.21. The lowest BCUT2D eigenvalue weighted by atomic mass is 9.79. The van der Waals surface area contributed by atoms with Crippen molar-refractivity contribution < 1.29 is 9.53 Å². The van der Waals surface area contributed by atoms with Crippen LogP contribution in [0.4, 0.5) is 0 Å². The molecule has 0 heterocycles. The van der Waals surface area contributed by atoms with Gasteiger partial charge >= 0.3 is 5.97 Å².